The molecule has 0 aromatic heterocycles. The van der Waals surface area contributed by atoms with Crippen LogP contribution in [0.1, 0.15) is 11.1 Å². The largest absolute Gasteiger partial charge is 0.507 e. The molecule has 2 aromatic rings. The second-order valence-electron chi connectivity index (χ2n) is 4.31. The van der Waals surface area contributed by atoms with E-state index in [2.05, 4.69) is 4.99 Å². The van der Waals surface area contributed by atoms with Crippen molar-refractivity contribution in [1.29, 1.82) is 0 Å². The zero-order valence-electron chi connectivity index (χ0n) is 10.9. The number of phenolic OH excluding ortho intramolecular Hbond substituents is 2. The fraction of sp³-hybridized carbons (Fsp3) is 0.0625. The minimum absolute atomic E-state index is 0.180. The first-order valence-electron chi connectivity index (χ1n) is 6.18. The number of aliphatic imine (C=N–C) groups is 1. The molecule has 0 fully saturated rings. The highest BCUT2D eigenvalue weighted by atomic mass is 16.3. The fourth-order valence-electron chi connectivity index (χ4n) is 1.70. The molecule has 0 aliphatic carbocycles. The van der Waals surface area contributed by atoms with E-state index in [0.717, 1.165) is 0 Å². The molecule has 0 unspecified atom stereocenters. The van der Waals surface area contributed by atoms with Crippen LogP contribution >= 0.6 is 0 Å². The molecule has 0 spiro atoms. The van der Waals surface area contributed by atoms with Gasteiger partial charge in [-0.1, -0.05) is 30.3 Å². The Morgan fingerprint density at radius 2 is 1.50 bits per heavy atom. The lowest BCUT2D eigenvalue weighted by Gasteiger charge is -2.01. The van der Waals surface area contributed by atoms with Crippen LogP contribution in [0.25, 0.3) is 6.08 Å². The Labute approximate surface area is 117 Å². The van der Waals surface area contributed by atoms with Crippen molar-refractivity contribution in [3.05, 3.63) is 65.4 Å². The predicted molar refractivity (Wildman–Crippen MR) is 80.8 cm³/mol. The first kappa shape index (κ1) is 13.7. The lowest BCUT2D eigenvalue weighted by atomic mass is 10.1. The van der Waals surface area contributed by atoms with Gasteiger partial charge in [-0.15, -0.1) is 0 Å². The number of hydrogen-bond donors (Lipinski definition) is 3. The average molecular weight is 268 g/mol. The van der Waals surface area contributed by atoms with E-state index in [1.165, 1.54) is 0 Å². The molecule has 0 atom stereocenters. The molecule has 0 saturated heterocycles. The number of phenols is 2. The summed E-state index contributed by atoms with van der Waals surface area (Å²) in [6, 6.07) is 13.9. The van der Waals surface area contributed by atoms with Gasteiger partial charge in [0.25, 0.3) is 0 Å². The van der Waals surface area contributed by atoms with E-state index in [9.17, 15) is 10.2 Å². The van der Waals surface area contributed by atoms with Crippen LogP contribution in [0, 0.1) is 0 Å². The molecule has 0 heterocycles. The topological polar surface area (TPSA) is 78.8 Å². The van der Waals surface area contributed by atoms with Crippen LogP contribution in [0.3, 0.4) is 0 Å². The van der Waals surface area contributed by atoms with Gasteiger partial charge in [-0.25, -0.2) is 0 Å². The molecule has 2 rings (SSSR count). The first-order valence-corrected chi connectivity index (χ1v) is 6.18. The molecule has 20 heavy (non-hydrogen) atoms. The molecule has 4 N–H and O–H groups in total. The third kappa shape index (κ3) is 3.62. The molecular weight excluding hydrogens is 252 g/mol. The molecule has 4 nitrogen and oxygen atoms in total. The molecule has 0 aliphatic heterocycles. The Balaban J connectivity index is 2.04. The molecule has 0 saturated carbocycles. The molecule has 0 bridgehead atoms. The van der Waals surface area contributed by atoms with Gasteiger partial charge in [-0.3, -0.25) is 4.99 Å². The van der Waals surface area contributed by atoms with Gasteiger partial charge in [0.15, 0.2) is 0 Å². The highest BCUT2D eigenvalue weighted by Crippen LogP contribution is 2.18. The summed E-state index contributed by atoms with van der Waals surface area (Å²) in [6.07, 6.45) is 3.25. The second kappa shape index (κ2) is 6.43. The Morgan fingerprint density at radius 3 is 2.10 bits per heavy atom. The van der Waals surface area contributed by atoms with E-state index in [1.807, 2.05) is 12.1 Å². The molecular formula is C16H16N2O2. The SMILES string of the molecule is NC(=Cc1ccccc1O)CN=Cc1ccccc1O. The number of benzene rings is 2. The van der Waals surface area contributed by atoms with Gasteiger partial charge in [-0.05, 0) is 24.3 Å². The number of nitrogens with two attached hydrogens (primary N) is 1. The summed E-state index contributed by atoms with van der Waals surface area (Å²) in [5, 5.41) is 19.2. The van der Waals surface area contributed by atoms with Gasteiger partial charge in [0.05, 0.1) is 6.54 Å². The van der Waals surface area contributed by atoms with Crippen molar-refractivity contribution < 1.29 is 10.2 Å². The van der Waals surface area contributed by atoms with Crippen LogP contribution in [-0.4, -0.2) is 23.0 Å². The number of nitrogens with zero attached hydrogens (tertiary/aromatic N) is 1. The van der Waals surface area contributed by atoms with Gasteiger partial charge in [0.2, 0.25) is 0 Å². The van der Waals surface area contributed by atoms with Crippen LogP contribution in [0.15, 0.2) is 59.2 Å². The van der Waals surface area contributed by atoms with Crippen LogP contribution < -0.4 is 5.73 Å². The van der Waals surface area contributed by atoms with Gasteiger partial charge in [0, 0.05) is 23.0 Å². The third-order valence-electron chi connectivity index (χ3n) is 2.72. The summed E-state index contributed by atoms with van der Waals surface area (Å²) in [6.45, 7) is 0.294. The van der Waals surface area contributed by atoms with Gasteiger partial charge < -0.3 is 15.9 Å². The fourth-order valence-corrected chi connectivity index (χ4v) is 1.70. The first-order chi connectivity index (χ1) is 9.66. The van der Waals surface area contributed by atoms with Crippen molar-refractivity contribution >= 4 is 12.3 Å². The number of rotatable bonds is 4. The van der Waals surface area contributed by atoms with Crippen molar-refractivity contribution in [2.24, 2.45) is 10.7 Å². The second-order valence-corrected chi connectivity index (χ2v) is 4.31. The minimum atomic E-state index is 0.180. The Hall–Kier alpha value is -2.75. The molecule has 4 heteroatoms. The highest BCUT2D eigenvalue weighted by molar-refractivity contribution is 5.83. The number of aromatic hydroxyl groups is 2. The normalized spacial score (nSPS) is 11.9. The average Bonchev–Trinajstić information content (AvgIpc) is 2.43. The van der Waals surface area contributed by atoms with Crippen molar-refractivity contribution in [2.75, 3.05) is 6.54 Å². The summed E-state index contributed by atoms with van der Waals surface area (Å²) >= 11 is 0. The van der Waals surface area contributed by atoms with E-state index in [0.29, 0.717) is 23.4 Å². The van der Waals surface area contributed by atoms with Crippen molar-refractivity contribution in [2.45, 2.75) is 0 Å². The monoisotopic (exact) mass is 268 g/mol. The summed E-state index contributed by atoms with van der Waals surface area (Å²) in [5.41, 5.74) is 7.67. The zero-order valence-corrected chi connectivity index (χ0v) is 10.9. The van der Waals surface area contributed by atoms with E-state index < -0.39 is 0 Å². The lowest BCUT2D eigenvalue weighted by Crippen LogP contribution is -2.01. The Kier molecular flexibility index (Phi) is 4.39. The van der Waals surface area contributed by atoms with Crippen molar-refractivity contribution in [3.63, 3.8) is 0 Å². The Bertz CT molecular complexity index is 648. The maximum atomic E-state index is 9.63. The molecule has 0 radical (unpaired) electrons. The molecule has 2 aromatic carbocycles. The third-order valence-corrected chi connectivity index (χ3v) is 2.72. The van der Waals surface area contributed by atoms with Crippen LogP contribution in [0.5, 0.6) is 11.5 Å². The van der Waals surface area contributed by atoms with Gasteiger partial charge in [0.1, 0.15) is 11.5 Å². The summed E-state index contributed by atoms with van der Waals surface area (Å²) in [7, 11) is 0. The lowest BCUT2D eigenvalue weighted by molar-refractivity contribution is 0.473. The van der Waals surface area contributed by atoms with Crippen LogP contribution in [-0.2, 0) is 0 Å². The maximum absolute atomic E-state index is 9.63. The predicted octanol–water partition coefficient (Wildman–Crippen LogP) is 2.52. The summed E-state index contributed by atoms with van der Waals surface area (Å²) < 4.78 is 0. The molecule has 102 valence electrons. The van der Waals surface area contributed by atoms with Crippen molar-refractivity contribution in [1.82, 2.24) is 0 Å². The van der Waals surface area contributed by atoms with Gasteiger partial charge >= 0.3 is 0 Å². The smallest absolute Gasteiger partial charge is 0.124 e. The number of hydrogen-bond acceptors (Lipinski definition) is 4. The van der Waals surface area contributed by atoms with E-state index in [-0.39, 0.29) is 11.5 Å². The maximum Gasteiger partial charge on any atom is 0.124 e. The van der Waals surface area contributed by atoms with Gasteiger partial charge in [-0.2, -0.15) is 0 Å². The summed E-state index contributed by atoms with van der Waals surface area (Å²) in [5.74, 6) is 0.361. The minimum Gasteiger partial charge on any atom is -0.507 e. The summed E-state index contributed by atoms with van der Waals surface area (Å²) in [4.78, 5) is 4.17. The Morgan fingerprint density at radius 1 is 0.950 bits per heavy atom. The van der Waals surface area contributed by atoms with E-state index in [4.69, 9.17) is 5.73 Å². The quantitative estimate of drug-likeness (QED) is 0.745. The van der Waals surface area contributed by atoms with Crippen molar-refractivity contribution in [3.8, 4) is 11.5 Å². The standard InChI is InChI=1S/C16H16N2O2/c17-14(9-12-5-1-3-7-15(12)19)11-18-10-13-6-2-4-8-16(13)20/h1-10,19-20H,11,17H2. The van der Waals surface area contributed by atoms with Crippen LogP contribution in [0.2, 0.25) is 0 Å². The highest BCUT2D eigenvalue weighted by Gasteiger charge is 1.98. The van der Waals surface area contributed by atoms with E-state index in [1.54, 1.807) is 48.7 Å². The van der Waals surface area contributed by atoms with Crippen LogP contribution in [0.4, 0.5) is 0 Å². The number of para-hydroxylation sites is 2. The van der Waals surface area contributed by atoms with E-state index >= 15 is 0 Å². The zero-order chi connectivity index (χ0) is 14.4. The molecule has 0 amide bonds. The molecule has 0 aliphatic rings.